The number of halogens is 2. The zero-order chi connectivity index (χ0) is 20.5. The van der Waals surface area contributed by atoms with Crippen LogP contribution in [0.4, 0.5) is 14.5 Å². The van der Waals surface area contributed by atoms with E-state index in [0.29, 0.717) is 11.5 Å². The SMILES string of the molecule is Cc1oc(-c2ccccc2F)nc1C(=O)Nc1ccc(F)c(-n2nnnc2C)c1. The summed E-state index contributed by atoms with van der Waals surface area (Å²) in [7, 11) is 0. The topological polar surface area (TPSA) is 98.7 Å². The Morgan fingerprint density at radius 3 is 2.62 bits per heavy atom. The van der Waals surface area contributed by atoms with E-state index in [2.05, 4.69) is 25.8 Å². The highest BCUT2D eigenvalue weighted by Crippen LogP contribution is 2.25. The number of anilines is 1. The fraction of sp³-hybridized carbons (Fsp3) is 0.105. The molecule has 1 N–H and O–H groups in total. The van der Waals surface area contributed by atoms with Gasteiger partial charge in [-0.05, 0) is 54.6 Å². The van der Waals surface area contributed by atoms with E-state index in [1.54, 1.807) is 26.0 Å². The second-order valence-electron chi connectivity index (χ2n) is 6.16. The number of hydrogen-bond donors (Lipinski definition) is 1. The Labute approximate surface area is 163 Å². The van der Waals surface area contributed by atoms with Crippen LogP contribution in [-0.2, 0) is 0 Å². The van der Waals surface area contributed by atoms with Crippen LogP contribution in [0.3, 0.4) is 0 Å². The first-order valence-corrected chi connectivity index (χ1v) is 8.52. The third kappa shape index (κ3) is 3.47. The summed E-state index contributed by atoms with van der Waals surface area (Å²) in [6.45, 7) is 3.17. The smallest absolute Gasteiger partial charge is 0.277 e. The molecule has 146 valence electrons. The fourth-order valence-corrected chi connectivity index (χ4v) is 2.75. The summed E-state index contributed by atoms with van der Waals surface area (Å²) in [5, 5.41) is 13.5. The summed E-state index contributed by atoms with van der Waals surface area (Å²) in [4.78, 5) is 16.8. The maximum Gasteiger partial charge on any atom is 0.277 e. The van der Waals surface area contributed by atoms with E-state index in [1.807, 2.05) is 0 Å². The van der Waals surface area contributed by atoms with Gasteiger partial charge < -0.3 is 9.73 Å². The lowest BCUT2D eigenvalue weighted by Crippen LogP contribution is -2.14. The van der Waals surface area contributed by atoms with E-state index < -0.39 is 17.5 Å². The first kappa shape index (κ1) is 18.4. The van der Waals surface area contributed by atoms with Crippen LogP contribution in [0, 0.1) is 25.5 Å². The van der Waals surface area contributed by atoms with Gasteiger partial charge in [-0.15, -0.1) is 5.10 Å². The average Bonchev–Trinajstić information content (AvgIpc) is 3.29. The molecular formula is C19H14F2N6O2. The first-order valence-electron chi connectivity index (χ1n) is 8.52. The molecule has 0 spiro atoms. The number of amides is 1. The predicted molar refractivity (Wildman–Crippen MR) is 98.4 cm³/mol. The normalized spacial score (nSPS) is 10.9. The number of nitrogens with zero attached hydrogens (tertiary/aromatic N) is 5. The van der Waals surface area contributed by atoms with Gasteiger partial charge >= 0.3 is 0 Å². The minimum atomic E-state index is -0.583. The Bertz CT molecular complexity index is 1220. The number of aryl methyl sites for hydroxylation is 2. The van der Waals surface area contributed by atoms with Gasteiger partial charge in [0.2, 0.25) is 5.89 Å². The molecule has 29 heavy (non-hydrogen) atoms. The van der Waals surface area contributed by atoms with E-state index in [0.717, 1.165) is 0 Å². The molecule has 0 bridgehead atoms. The third-order valence-electron chi connectivity index (χ3n) is 4.17. The number of nitrogens with one attached hydrogen (secondary N) is 1. The molecule has 0 unspecified atom stereocenters. The molecule has 0 fully saturated rings. The number of carbonyl (C=O) groups is 1. The molecule has 0 atom stereocenters. The van der Waals surface area contributed by atoms with E-state index >= 15 is 0 Å². The molecule has 2 aromatic carbocycles. The average molecular weight is 396 g/mol. The Balaban J connectivity index is 1.62. The predicted octanol–water partition coefficient (Wildman–Crippen LogP) is 3.46. The molecule has 0 saturated heterocycles. The summed E-state index contributed by atoms with van der Waals surface area (Å²) < 4.78 is 34.8. The number of aromatic nitrogens is 5. The highest BCUT2D eigenvalue weighted by molar-refractivity contribution is 6.03. The molecule has 0 radical (unpaired) electrons. The largest absolute Gasteiger partial charge is 0.440 e. The molecule has 2 aromatic heterocycles. The summed E-state index contributed by atoms with van der Waals surface area (Å²) in [5.41, 5.74) is 0.519. The number of hydrogen-bond acceptors (Lipinski definition) is 6. The molecule has 8 nitrogen and oxygen atoms in total. The van der Waals surface area contributed by atoms with Crippen LogP contribution >= 0.6 is 0 Å². The standard InChI is InChI=1S/C19H14F2N6O2/c1-10-17(23-19(29-10)13-5-3-4-6-14(13)20)18(28)22-12-7-8-15(21)16(9-12)27-11(2)24-25-26-27/h3-9H,1-2H3,(H,22,28). The number of oxazole rings is 1. The van der Waals surface area contributed by atoms with Crippen molar-refractivity contribution in [1.82, 2.24) is 25.2 Å². The van der Waals surface area contributed by atoms with E-state index in [9.17, 15) is 13.6 Å². The van der Waals surface area contributed by atoms with Crippen molar-refractivity contribution < 1.29 is 18.0 Å². The molecule has 0 aliphatic rings. The molecule has 1 amide bonds. The lowest BCUT2D eigenvalue weighted by atomic mass is 10.2. The molecule has 0 saturated carbocycles. The van der Waals surface area contributed by atoms with Gasteiger partial charge in [-0.25, -0.2) is 13.8 Å². The Kier molecular flexibility index (Phi) is 4.59. The Hall–Kier alpha value is -3.95. The van der Waals surface area contributed by atoms with E-state index in [1.165, 1.54) is 35.0 Å². The summed E-state index contributed by atoms with van der Waals surface area (Å²) in [5.74, 6) is -1.05. The van der Waals surface area contributed by atoms with Gasteiger partial charge in [0.15, 0.2) is 11.5 Å². The number of tetrazole rings is 1. The zero-order valence-corrected chi connectivity index (χ0v) is 15.3. The van der Waals surface area contributed by atoms with Crippen molar-refractivity contribution in [3.8, 4) is 17.1 Å². The van der Waals surface area contributed by atoms with Crippen molar-refractivity contribution in [3.05, 3.63) is 71.4 Å². The highest BCUT2D eigenvalue weighted by Gasteiger charge is 2.20. The van der Waals surface area contributed by atoms with Gasteiger partial charge in [0.1, 0.15) is 23.1 Å². The van der Waals surface area contributed by atoms with Gasteiger partial charge in [-0.1, -0.05) is 12.1 Å². The number of rotatable bonds is 4. The zero-order valence-electron chi connectivity index (χ0n) is 15.3. The van der Waals surface area contributed by atoms with Crippen molar-refractivity contribution in [1.29, 1.82) is 0 Å². The molecule has 0 aliphatic heterocycles. The van der Waals surface area contributed by atoms with Crippen molar-refractivity contribution in [3.63, 3.8) is 0 Å². The molecule has 2 heterocycles. The van der Waals surface area contributed by atoms with Crippen LogP contribution < -0.4 is 5.32 Å². The molecule has 4 rings (SSSR count). The van der Waals surface area contributed by atoms with Crippen LogP contribution in [0.15, 0.2) is 46.9 Å². The van der Waals surface area contributed by atoms with Crippen molar-refractivity contribution in [2.75, 3.05) is 5.32 Å². The number of carbonyl (C=O) groups excluding carboxylic acids is 1. The minimum absolute atomic E-state index is 0.00476. The summed E-state index contributed by atoms with van der Waals surface area (Å²) in [6, 6.07) is 9.93. The quantitative estimate of drug-likeness (QED) is 0.567. The van der Waals surface area contributed by atoms with Crippen LogP contribution in [0.5, 0.6) is 0 Å². The van der Waals surface area contributed by atoms with Crippen LogP contribution in [0.25, 0.3) is 17.1 Å². The minimum Gasteiger partial charge on any atom is -0.440 e. The lowest BCUT2D eigenvalue weighted by Gasteiger charge is -2.08. The van der Waals surface area contributed by atoms with Gasteiger partial charge in [-0.3, -0.25) is 4.79 Å². The van der Waals surface area contributed by atoms with Crippen LogP contribution in [0.1, 0.15) is 22.1 Å². The maximum absolute atomic E-state index is 14.2. The van der Waals surface area contributed by atoms with Crippen molar-refractivity contribution >= 4 is 11.6 Å². The monoisotopic (exact) mass is 396 g/mol. The molecular weight excluding hydrogens is 382 g/mol. The Morgan fingerprint density at radius 2 is 1.90 bits per heavy atom. The molecule has 10 heteroatoms. The van der Waals surface area contributed by atoms with Gasteiger partial charge in [-0.2, -0.15) is 4.68 Å². The number of benzene rings is 2. The second kappa shape index (κ2) is 7.23. The van der Waals surface area contributed by atoms with E-state index in [-0.39, 0.29) is 28.6 Å². The van der Waals surface area contributed by atoms with Crippen molar-refractivity contribution in [2.45, 2.75) is 13.8 Å². The highest BCUT2D eigenvalue weighted by atomic mass is 19.1. The van der Waals surface area contributed by atoms with Crippen LogP contribution in [-0.4, -0.2) is 31.1 Å². The van der Waals surface area contributed by atoms with Crippen LogP contribution in [0.2, 0.25) is 0 Å². The molecule has 0 aliphatic carbocycles. The Morgan fingerprint density at radius 1 is 1.10 bits per heavy atom. The van der Waals surface area contributed by atoms with Gasteiger partial charge in [0.05, 0.1) is 5.56 Å². The summed E-state index contributed by atoms with van der Waals surface area (Å²) in [6.07, 6.45) is 0. The van der Waals surface area contributed by atoms with Gasteiger partial charge in [0.25, 0.3) is 5.91 Å². The van der Waals surface area contributed by atoms with Crippen molar-refractivity contribution in [2.24, 2.45) is 0 Å². The third-order valence-corrected chi connectivity index (χ3v) is 4.17. The molecule has 4 aromatic rings. The van der Waals surface area contributed by atoms with E-state index in [4.69, 9.17) is 4.42 Å². The second-order valence-corrected chi connectivity index (χ2v) is 6.16. The van der Waals surface area contributed by atoms with Gasteiger partial charge in [0, 0.05) is 5.69 Å². The first-order chi connectivity index (χ1) is 13.9. The summed E-state index contributed by atoms with van der Waals surface area (Å²) >= 11 is 0. The fourth-order valence-electron chi connectivity index (χ4n) is 2.75. The maximum atomic E-state index is 14.2. The lowest BCUT2D eigenvalue weighted by molar-refractivity contribution is 0.102.